The summed E-state index contributed by atoms with van der Waals surface area (Å²) in [5, 5.41) is 0.542. The third-order valence-corrected chi connectivity index (χ3v) is 22.5. The number of rotatable bonds is 6. The van der Waals surface area contributed by atoms with E-state index in [2.05, 4.69) is 67.7 Å². The summed E-state index contributed by atoms with van der Waals surface area (Å²) in [6.45, 7) is 30.5. The summed E-state index contributed by atoms with van der Waals surface area (Å²) in [5.74, 6) is 0. The quantitative estimate of drug-likeness (QED) is 0.243. The molecule has 2 aliphatic carbocycles. The lowest BCUT2D eigenvalue weighted by Crippen LogP contribution is -2.43. The first-order chi connectivity index (χ1) is 14.9. The first kappa shape index (κ1) is 32.8. The molecule has 0 heterocycles. The summed E-state index contributed by atoms with van der Waals surface area (Å²) >= 11 is 0. The van der Waals surface area contributed by atoms with Gasteiger partial charge in [-0.25, -0.2) is 0 Å². The van der Waals surface area contributed by atoms with Gasteiger partial charge < -0.3 is 18.0 Å². The fourth-order valence-electron chi connectivity index (χ4n) is 4.37. The molecule has 0 aromatic carbocycles. The van der Waals surface area contributed by atoms with E-state index in [1.807, 2.05) is 26.7 Å². The van der Waals surface area contributed by atoms with E-state index in [1.165, 1.54) is 0 Å². The molecule has 0 bridgehead atoms. The minimum atomic E-state index is -1.92. The van der Waals surface area contributed by atoms with Crippen LogP contribution in [0.1, 0.15) is 80.1 Å². The molecular weight excluding hydrogens is 494 g/mol. The van der Waals surface area contributed by atoms with E-state index >= 15 is 0 Å². The Morgan fingerprint density at radius 1 is 0.588 bits per heavy atom. The normalized spacial score (nSPS) is 27.5. The van der Waals surface area contributed by atoms with Crippen molar-refractivity contribution in [2.24, 2.45) is 0 Å². The first-order valence-electron chi connectivity index (χ1n) is 13.3. The highest BCUT2D eigenvalue weighted by atomic mass is 31.2. The zero-order chi connectivity index (χ0) is 27.0. The van der Waals surface area contributed by atoms with Crippen LogP contribution in [0, 0.1) is 0 Å². The third kappa shape index (κ3) is 9.60. The van der Waals surface area contributed by atoms with Crippen LogP contribution < -0.4 is 0 Å². The second kappa shape index (κ2) is 11.3. The Kier molecular flexibility index (Phi) is 10.9. The summed E-state index contributed by atoms with van der Waals surface area (Å²) in [6, 6.07) is 0. The highest BCUT2D eigenvalue weighted by Crippen LogP contribution is 2.52. The molecule has 0 aromatic heterocycles. The SMILES string of the molecule is CC(C)(C)[Si](C)(C)O[C@@H]1CC[C@H](P(C)(C)=O)C1.CC(C)(C)[Si](C)(C)O[C@H]1CC[C@@H](P(C)(C)=O)C1. The van der Waals surface area contributed by atoms with Crippen molar-refractivity contribution >= 4 is 30.9 Å². The topological polar surface area (TPSA) is 52.6 Å². The van der Waals surface area contributed by atoms with E-state index in [-0.39, 0.29) is 10.1 Å². The summed E-state index contributed by atoms with van der Waals surface area (Å²) in [5.41, 5.74) is 0.800. The van der Waals surface area contributed by atoms with Gasteiger partial charge in [-0.15, -0.1) is 0 Å². The zero-order valence-corrected chi connectivity index (χ0v) is 28.9. The Labute approximate surface area is 215 Å². The van der Waals surface area contributed by atoms with Crippen LogP contribution in [0.5, 0.6) is 0 Å². The average molecular weight is 553 g/mol. The third-order valence-electron chi connectivity index (χ3n) is 9.01. The van der Waals surface area contributed by atoms with Crippen LogP contribution in [0.15, 0.2) is 0 Å². The lowest BCUT2D eigenvalue weighted by molar-refractivity contribution is 0.188. The lowest BCUT2D eigenvalue weighted by atomic mass is 10.2. The Hall–Kier alpha value is 0.814. The van der Waals surface area contributed by atoms with E-state index in [0.717, 1.165) is 38.5 Å². The van der Waals surface area contributed by atoms with Gasteiger partial charge in [0.1, 0.15) is 0 Å². The predicted octanol–water partition coefficient (Wildman–Crippen LogP) is 9.10. The van der Waals surface area contributed by atoms with Crippen LogP contribution in [-0.2, 0) is 18.0 Å². The summed E-state index contributed by atoms with van der Waals surface area (Å²) in [6.07, 6.45) is 7.11. The first-order valence-corrected chi connectivity index (χ1v) is 24.5. The van der Waals surface area contributed by atoms with Crippen molar-refractivity contribution in [1.82, 2.24) is 0 Å². The van der Waals surface area contributed by atoms with E-state index in [9.17, 15) is 9.13 Å². The van der Waals surface area contributed by atoms with Gasteiger partial charge in [-0.1, -0.05) is 41.5 Å². The molecular formula is C26H58O4P2Si2. The van der Waals surface area contributed by atoms with Gasteiger partial charge >= 0.3 is 0 Å². The molecule has 4 nitrogen and oxygen atoms in total. The number of hydrogen-bond acceptors (Lipinski definition) is 4. The monoisotopic (exact) mass is 552 g/mol. The molecule has 0 spiro atoms. The van der Waals surface area contributed by atoms with Crippen LogP contribution >= 0.6 is 14.3 Å². The van der Waals surface area contributed by atoms with Crippen LogP contribution in [0.2, 0.25) is 36.3 Å². The fourth-order valence-corrected chi connectivity index (χ4v) is 10.2. The van der Waals surface area contributed by atoms with Crippen molar-refractivity contribution in [3.8, 4) is 0 Å². The van der Waals surface area contributed by atoms with E-state index < -0.39 is 30.9 Å². The smallest absolute Gasteiger partial charge is 0.192 e. The average Bonchev–Trinajstić information content (AvgIpc) is 3.21. The van der Waals surface area contributed by atoms with Crippen LogP contribution in [0.3, 0.4) is 0 Å². The van der Waals surface area contributed by atoms with Gasteiger partial charge in [0.25, 0.3) is 0 Å². The molecule has 4 atom stereocenters. The molecule has 0 N–H and O–H groups in total. The molecule has 0 aliphatic heterocycles. The minimum absolute atomic E-state index is 0.271. The largest absolute Gasteiger partial charge is 0.414 e. The van der Waals surface area contributed by atoms with Gasteiger partial charge in [0, 0.05) is 23.5 Å². The molecule has 8 heteroatoms. The zero-order valence-electron chi connectivity index (χ0n) is 25.1. The molecule has 0 amide bonds. The second-order valence-corrected chi connectivity index (χ2v) is 31.5. The van der Waals surface area contributed by atoms with Crippen LogP contribution in [-0.4, -0.2) is 66.8 Å². The minimum Gasteiger partial charge on any atom is -0.414 e. The second-order valence-electron chi connectivity index (χ2n) is 14.8. The van der Waals surface area contributed by atoms with Gasteiger partial charge in [0.15, 0.2) is 16.6 Å². The standard InChI is InChI=1S/2C13H29O2PSi/c2*1-13(2,3)17(6,7)15-11-8-9-12(10-11)16(4,5)14/h2*11-12H,8-10H2,1-7H3/t2*11-,12+/m10/s1. The number of hydrogen-bond donors (Lipinski definition) is 0. The van der Waals surface area contributed by atoms with E-state index in [1.54, 1.807) is 0 Å². The molecule has 2 saturated carbocycles. The molecule has 204 valence electrons. The molecule has 2 fully saturated rings. The molecule has 0 aromatic rings. The molecule has 0 radical (unpaired) electrons. The summed E-state index contributed by atoms with van der Waals surface area (Å²) in [4.78, 5) is 0. The van der Waals surface area contributed by atoms with Gasteiger partial charge in [-0.05, 0) is 101 Å². The maximum Gasteiger partial charge on any atom is 0.192 e. The van der Waals surface area contributed by atoms with Crippen molar-refractivity contribution in [3.05, 3.63) is 0 Å². The lowest BCUT2D eigenvalue weighted by Gasteiger charge is -2.38. The fraction of sp³-hybridized carbons (Fsp3) is 1.00. The summed E-state index contributed by atoms with van der Waals surface area (Å²) in [7, 11) is -7.14. The molecule has 34 heavy (non-hydrogen) atoms. The summed E-state index contributed by atoms with van der Waals surface area (Å²) < 4.78 is 37.0. The van der Waals surface area contributed by atoms with Crippen LogP contribution in [0.25, 0.3) is 0 Å². The van der Waals surface area contributed by atoms with Gasteiger partial charge in [0.2, 0.25) is 0 Å². The van der Waals surface area contributed by atoms with E-state index in [4.69, 9.17) is 8.85 Å². The Morgan fingerprint density at radius 3 is 1.03 bits per heavy atom. The maximum atomic E-state index is 12.1. The molecule has 0 saturated heterocycles. The Morgan fingerprint density at radius 2 is 0.853 bits per heavy atom. The van der Waals surface area contributed by atoms with Gasteiger partial charge in [-0.3, -0.25) is 0 Å². The molecule has 2 aliphatic rings. The Balaban J connectivity index is 0.000000340. The molecule has 2 rings (SSSR count). The highest BCUT2D eigenvalue weighted by Gasteiger charge is 2.43. The van der Waals surface area contributed by atoms with Crippen molar-refractivity contribution < 1.29 is 18.0 Å². The van der Waals surface area contributed by atoms with E-state index in [0.29, 0.717) is 23.5 Å². The Bertz CT molecular complexity index is 692. The van der Waals surface area contributed by atoms with Gasteiger partial charge in [0.05, 0.1) is 14.3 Å². The maximum absolute atomic E-state index is 12.1. The van der Waals surface area contributed by atoms with Crippen molar-refractivity contribution in [1.29, 1.82) is 0 Å². The van der Waals surface area contributed by atoms with Crippen LogP contribution in [0.4, 0.5) is 0 Å². The highest BCUT2D eigenvalue weighted by molar-refractivity contribution is 7.63. The van der Waals surface area contributed by atoms with Crippen molar-refractivity contribution in [2.45, 2.75) is 140 Å². The van der Waals surface area contributed by atoms with Crippen molar-refractivity contribution in [2.75, 3.05) is 26.7 Å². The predicted molar refractivity (Wildman–Crippen MR) is 158 cm³/mol. The van der Waals surface area contributed by atoms with Gasteiger partial charge in [-0.2, -0.15) is 0 Å². The molecule has 0 unspecified atom stereocenters. The van der Waals surface area contributed by atoms with Crippen molar-refractivity contribution in [3.63, 3.8) is 0 Å².